The molecule has 0 spiro atoms. The Balaban J connectivity index is 2.07. The van der Waals surface area contributed by atoms with Gasteiger partial charge in [-0.25, -0.2) is 4.39 Å². The molecule has 2 N–H and O–H groups in total. The van der Waals surface area contributed by atoms with Crippen LogP contribution in [0.5, 0.6) is 0 Å². The van der Waals surface area contributed by atoms with Crippen molar-refractivity contribution in [2.45, 2.75) is 6.04 Å². The van der Waals surface area contributed by atoms with E-state index < -0.39 is 11.9 Å². The molecule has 1 aromatic carbocycles. The van der Waals surface area contributed by atoms with Gasteiger partial charge in [0.05, 0.1) is 17.3 Å². The van der Waals surface area contributed by atoms with Gasteiger partial charge in [0.15, 0.2) is 0 Å². The van der Waals surface area contributed by atoms with Crippen LogP contribution in [0.15, 0.2) is 54.9 Å². The molecule has 19 heavy (non-hydrogen) atoms. The van der Waals surface area contributed by atoms with Gasteiger partial charge < -0.3 is 5.73 Å². The lowest BCUT2D eigenvalue weighted by molar-refractivity contribution is 0.586. The fourth-order valence-corrected chi connectivity index (χ4v) is 2.06. The first-order valence-electron chi connectivity index (χ1n) is 5.96. The predicted molar refractivity (Wildman–Crippen MR) is 72.0 cm³/mol. The minimum Gasteiger partial charge on any atom is -0.319 e. The van der Waals surface area contributed by atoms with Gasteiger partial charge in [0.25, 0.3) is 0 Å². The van der Waals surface area contributed by atoms with Gasteiger partial charge in [0.2, 0.25) is 0 Å². The summed E-state index contributed by atoms with van der Waals surface area (Å²) in [6, 6.07) is 11.8. The summed E-state index contributed by atoms with van der Waals surface area (Å²) in [6.07, 6.45) is 3.26. The molecule has 0 radical (unpaired) electrons. The summed E-state index contributed by atoms with van der Waals surface area (Å²) >= 11 is 0. The third kappa shape index (κ3) is 2.18. The number of pyridine rings is 2. The molecule has 1 unspecified atom stereocenters. The maximum Gasteiger partial charge on any atom is 0.146 e. The van der Waals surface area contributed by atoms with Gasteiger partial charge >= 0.3 is 0 Å². The number of hydrogen-bond acceptors (Lipinski definition) is 3. The van der Waals surface area contributed by atoms with Crippen LogP contribution < -0.4 is 5.73 Å². The fraction of sp³-hybridized carbons (Fsp3) is 0.0667. The van der Waals surface area contributed by atoms with Crippen LogP contribution in [0.25, 0.3) is 10.9 Å². The summed E-state index contributed by atoms with van der Waals surface area (Å²) in [6.45, 7) is 0. The molecule has 0 aliphatic heterocycles. The SMILES string of the molecule is NC(c1ccc2cccnc2c1)c1ncccc1F. The first kappa shape index (κ1) is 11.7. The van der Waals surface area contributed by atoms with E-state index in [-0.39, 0.29) is 5.69 Å². The van der Waals surface area contributed by atoms with E-state index in [9.17, 15) is 4.39 Å². The number of rotatable bonds is 2. The molecule has 0 saturated heterocycles. The third-order valence-electron chi connectivity index (χ3n) is 3.07. The van der Waals surface area contributed by atoms with Gasteiger partial charge in [-0.15, -0.1) is 0 Å². The van der Waals surface area contributed by atoms with Crippen LogP contribution in [0.3, 0.4) is 0 Å². The van der Waals surface area contributed by atoms with Crippen molar-refractivity contribution in [2.75, 3.05) is 0 Å². The van der Waals surface area contributed by atoms with Crippen molar-refractivity contribution < 1.29 is 4.39 Å². The van der Waals surface area contributed by atoms with Crippen molar-refractivity contribution in [1.29, 1.82) is 0 Å². The Morgan fingerprint density at radius 1 is 1.00 bits per heavy atom. The van der Waals surface area contributed by atoms with Crippen molar-refractivity contribution in [3.05, 3.63) is 71.9 Å². The smallest absolute Gasteiger partial charge is 0.146 e. The molecular formula is C15H12FN3. The molecule has 2 aromatic heterocycles. The molecule has 3 nitrogen and oxygen atoms in total. The predicted octanol–water partition coefficient (Wildman–Crippen LogP) is 2.82. The fourth-order valence-electron chi connectivity index (χ4n) is 2.06. The minimum absolute atomic E-state index is 0.248. The summed E-state index contributed by atoms with van der Waals surface area (Å²) in [7, 11) is 0. The van der Waals surface area contributed by atoms with Gasteiger partial charge in [-0.1, -0.05) is 18.2 Å². The number of hydrogen-bond donors (Lipinski definition) is 1. The molecule has 0 amide bonds. The summed E-state index contributed by atoms with van der Waals surface area (Å²) in [5, 5.41) is 1.03. The van der Waals surface area contributed by atoms with Crippen LogP contribution in [0.4, 0.5) is 4.39 Å². The van der Waals surface area contributed by atoms with Crippen molar-refractivity contribution in [1.82, 2.24) is 9.97 Å². The van der Waals surface area contributed by atoms with Crippen molar-refractivity contribution >= 4 is 10.9 Å². The maximum atomic E-state index is 13.7. The van der Waals surface area contributed by atoms with Crippen LogP contribution in [-0.4, -0.2) is 9.97 Å². The van der Waals surface area contributed by atoms with Crippen molar-refractivity contribution in [3.63, 3.8) is 0 Å². The van der Waals surface area contributed by atoms with Gasteiger partial charge in [0.1, 0.15) is 5.82 Å². The van der Waals surface area contributed by atoms with Crippen LogP contribution in [0.2, 0.25) is 0 Å². The van der Waals surface area contributed by atoms with Crippen LogP contribution in [0.1, 0.15) is 17.3 Å². The number of aromatic nitrogens is 2. The molecule has 1 atom stereocenters. The second kappa shape index (κ2) is 4.74. The molecule has 0 fully saturated rings. The van der Waals surface area contributed by atoms with E-state index in [4.69, 9.17) is 5.73 Å². The van der Waals surface area contributed by atoms with Gasteiger partial charge in [-0.05, 0) is 29.8 Å². The van der Waals surface area contributed by atoms with Gasteiger partial charge in [0, 0.05) is 17.8 Å². The maximum absolute atomic E-state index is 13.7. The molecule has 3 rings (SSSR count). The highest BCUT2D eigenvalue weighted by Crippen LogP contribution is 2.23. The molecule has 2 heterocycles. The Morgan fingerprint density at radius 3 is 2.63 bits per heavy atom. The van der Waals surface area contributed by atoms with E-state index in [1.54, 1.807) is 12.3 Å². The number of benzene rings is 1. The highest BCUT2D eigenvalue weighted by molar-refractivity contribution is 5.79. The average Bonchev–Trinajstić information content (AvgIpc) is 2.46. The van der Waals surface area contributed by atoms with Crippen molar-refractivity contribution in [2.24, 2.45) is 5.73 Å². The van der Waals surface area contributed by atoms with Crippen molar-refractivity contribution in [3.8, 4) is 0 Å². The molecular weight excluding hydrogens is 241 g/mol. The molecule has 3 aromatic rings. The van der Waals surface area contributed by atoms with Gasteiger partial charge in [-0.3, -0.25) is 9.97 Å². The second-order valence-corrected chi connectivity index (χ2v) is 4.30. The molecule has 0 bridgehead atoms. The summed E-state index contributed by atoms with van der Waals surface area (Å²) in [4.78, 5) is 8.28. The monoisotopic (exact) mass is 253 g/mol. The first-order chi connectivity index (χ1) is 9.25. The van der Waals surface area contributed by atoms with E-state index in [0.717, 1.165) is 16.5 Å². The lowest BCUT2D eigenvalue weighted by Crippen LogP contribution is -2.15. The standard InChI is InChI=1S/C15H12FN3/c16-12-4-2-8-19-15(12)14(17)11-6-5-10-3-1-7-18-13(10)9-11/h1-9,14H,17H2. The molecule has 0 aliphatic rings. The minimum atomic E-state index is -0.590. The molecule has 0 saturated carbocycles. The number of nitrogens with zero attached hydrogens (tertiary/aromatic N) is 2. The Kier molecular flexibility index (Phi) is 2.93. The summed E-state index contributed by atoms with van der Waals surface area (Å²) in [5.74, 6) is -0.392. The quantitative estimate of drug-likeness (QED) is 0.764. The summed E-state index contributed by atoms with van der Waals surface area (Å²) in [5.41, 5.74) is 7.96. The first-order valence-corrected chi connectivity index (χ1v) is 5.96. The van der Waals surface area contributed by atoms with E-state index in [1.807, 2.05) is 30.3 Å². The van der Waals surface area contributed by atoms with E-state index >= 15 is 0 Å². The second-order valence-electron chi connectivity index (χ2n) is 4.30. The van der Waals surface area contributed by atoms with Crippen LogP contribution in [0, 0.1) is 5.82 Å². The zero-order valence-electron chi connectivity index (χ0n) is 10.1. The largest absolute Gasteiger partial charge is 0.319 e. The third-order valence-corrected chi connectivity index (χ3v) is 3.07. The van der Waals surface area contributed by atoms with E-state index in [1.165, 1.54) is 12.3 Å². The number of halogens is 1. The average molecular weight is 253 g/mol. The Morgan fingerprint density at radius 2 is 1.79 bits per heavy atom. The number of fused-ring (bicyclic) bond motifs is 1. The number of nitrogens with two attached hydrogens (primary N) is 1. The Labute approximate surface area is 109 Å². The van der Waals surface area contributed by atoms with Crippen LogP contribution >= 0.6 is 0 Å². The zero-order valence-corrected chi connectivity index (χ0v) is 10.1. The lowest BCUT2D eigenvalue weighted by atomic mass is 10.0. The lowest BCUT2D eigenvalue weighted by Gasteiger charge is -2.12. The van der Waals surface area contributed by atoms with E-state index in [0.29, 0.717) is 0 Å². The highest BCUT2D eigenvalue weighted by Gasteiger charge is 2.15. The molecule has 0 aliphatic carbocycles. The topological polar surface area (TPSA) is 51.8 Å². The molecule has 4 heteroatoms. The van der Waals surface area contributed by atoms with E-state index in [2.05, 4.69) is 9.97 Å². The Hall–Kier alpha value is -2.33. The zero-order chi connectivity index (χ0) is 13.2. The molecule has 94 valence electrons. The van der Waals surface area contributed by atoms with Gasteiger partial charge in [-0.2, -0.15) is 0 Å². The highest BCUT2D eigenvalue weighted by atomic mass is 19.1. The normalized spacial score (nSPS) is 12.5. The summed E-state index contributed by atoms with van der Waals surface area (Å²) < 4.78 is 13.7. The van der Waals surface area contributed by atoms with Crippen LogP contribution in [-0.2, 0) is 0 Å². The Bertz CT molecular complexity index is 727.